The van der Waals surface area contributed by atoms with E-state index in [0.717, 1.165) is 43.9 Å². The topological polar surface area (TPSA) is 35.6 Å². The van der Waals surface area contributed by atoms with Crippen molar-refractivity contribution in [2.45, 2.75) is 38.6 Å². The molecule has 1 aromatic rings. The lowest BCUT2D eigenvalue weighted by Crippen LogP contribution is -2.51. The minimum atomic E-state index is 0.212. The van der Waals surface area contributed by atoms with E-state index in [9.17, 15) is 4.79 Å². The second-order valence-corrected chi connectivity index (χ2v) is 8.29. The van der Waals surface area contributed by atoms with E-state index in [0.29, 0.717) is 12.6 Å². The maximum atomic E-state index is 12.5. The van der Waals surface area contributed by atoms with E-state index in [4.69, 9.17) is 0 Å². The number of rotatable bonds is 5. The van der Waals surface area contributed by atoms with Crippen molar-refractivity contribution in [2.75, 3.05) is 37.6 Å². The third-order valence-corrected chi connectivity index (χ3v) is 6.68. The largest absolute Gasteiger partial charge is 0.369 e. The molecule has 4 nitrogen and oxygen atoms in total. The SMILES string of the molecule is CC(NC(=O)CN1CCN(c2ccccc2)CC1)C1CC2CCC1C2. The first-order valence-corrected chi connectivity index (χ1v) is 10.0. The molecule has 2 saturated carbocycles. The summed E-state index contributed by atoms with van der Waals surface area (Å²) in [6.07, 6.45) is 5.55. The molecule has 4 unspecified atom stereocenters. The number of carbonyl (C=O) groups is 1. The summed E-state index contributed by atoms with van der Waals surface area (Å²) in [5.41, 5.74) is 1.29. The summed E-state index contributed by atoms with van der Waals surface area (Å²) in [5, 5.41) is 3.30. The van der Waals surface area contributed by atoms with E-state index in [1.807, 2.05) is 0 Å². The van der Waals surface area contributed by atoms with Gasteiger partial charge in [0.2, 0.25) is 5.91 Å². The highest BCUT2D eigenvalue weighted by atomic mass is 16.2. The highest BCUT2D eigenvalue weighted by molar-refractivity contribution is 5.78. The van der Waals surface area contributed by atoms with Gasteiger partial charge in [-0.15, -0.1) is 0 Å². The second-order valence-electron chi connectivity index (χ2n) is 8.29. The van der Waals surface area contributed by atoms with Crippen molar-refractivity contribution in [3.05, 3.63) is 30.3 Å². The molecule has 1 aliphatic heterocycles. The maximum absolute atomic E-state index is 12.5. The average molecular weight is 341 g/mol. The van der Waals surface area contributed by atoms with Crippen LogP contribution in [0.1, 0.15) is 32.6 Å². The first-order chi connectivity index (χ1) is 12.2. The van der Waals surface area contributed by atoms with Crippen LogP contribution in [0.25, 0.3) is 0 Å². The van der Waals surface area contributed by atoms with E-state index in [1.54, 1.807) is 0 Å². The van der Waals surface area contributed by atoms with Crippen LogP contribution in [0.5, 0.6) is 0 Å². The number of benzene rings is 1. The Hall–Kier alpha value is -1.55. The molecular formula is C21H31N3O. The number of nitrogens with zero attached hydrogens (tertiary/aromatic N) is 2. The third-order valence-electron chi connectivity index (χ3n) is 6.68. The zero-order valence-corrected chi connectivity index (χ0v) is 15.4. The molecule has 3 fully saturated rings. The van der Waals surface area contributed by atoms with Crippen LogP contribution in [-0.2, 0) is 4.79 Å². The van der Waals surface area contributed by atoms with Crippen molar-refractivity contribution in [1.82, 2.24) is 10.2 Å². The predicted octanol–water partition coefficient (Wildman–Crippen LogP) is 2.75. The van der Waals surface area contributed by atoms with Gasteiger partial charge in [0.1, 0.15) is 0 Å². The van der Waals surface area contributed by atoms with Gasteiger partial charge in [-0.05, 0) is 56.1 Å². The normalized spacial score (nSPS) is 30.4. The molecule has 25 heavy (non-hydrogen) atoms. The van der Waals surface area contributed by atoms with Gasteiger partial charge in [-0.25, -0.2) is 0 Å². The first-order valence-electron chi connectivity index (χ1n) is 10.0. The minimum Gasteiger partial charge on any atom is -0.369 e. The monoisotopic (exact) mass is 341 g/mol. The molecule has 4 heteroatoms. The maximum Gasteiger partial charge on any atom is 0.234 e. The van der Waals surface area contributed by atoms with Crippen LogP contribution in [0.3, 0.4) is 0 Å². The Morgan fingerprint density at radius 1 is 1.12 bits per heavy atom. The van der Waals surface area contributed by atoms with Crippen LogP contribution in [-0.4, -0.2) is 49.6 Å². The van der Waals surface area contributed by atoms with Crippen LogP contribution < -0.4 is 10.2 Å². The van der Waals surface area contributed by atoms with Gasteiger partial charge in [0, 0.05) is 37.9 Å². The summed E-state index contributed by atoms with van der Waals surface area (Å²) in [7, 11) is 0. The Balaban J connectivity index is 1.21. The molecular weight excluding hydrogens is 310 g/mol. The minimum absolute atomic E-state index is 0.212. The highest BCUT2D eigenvalue weighted by Gasteiger charge is 2.42. The summed E-state index contributed by atoms with van der Waals surface area (Å²) in [5.74, 6) is 2.75. The molecule has 1 saturated heterocycles. The van der Waals surface area contributed by atoms with E-state index < -0.39 is 0 Å². The molecule has 0 radical (unpaired) electrons. The average Bonchev–Trinajstić information content (AvgIpc) is 3.26. The Morgan fingerprint density at radius 2 is 1.88 bits per heavy atom. The number of carbonyl (C=O) groups excluding carboxylic acids is 1. The molecule has 2 aliphatic carbocycles. The lowest BCUT2D eigenvalue weighted by Gasteiger charge is -2.36. The summed E-state index contributed by atoms with van der Waals surface area (Å²) in [6.45, 7) is 6.69. The second kappa shape index (κ2) is 7.36. The van der Waals surface area contributed by atoms with Crippen LogP contribution in [0.2, 0.25) is 0 Å². The summed E-state index contributed by atoms with van der Waals surface area (Å²) < 4.78 is 0. The number of fused-ring (bicyclic) bond motifs is 2. The molecule has 0 spiro atoms. The third kappa shape index (κ3) is 3.84. The molecule has 1 amide bonds. The lowest BCUT2D eigenvalue weighted by molar-refractivity contribution is -0.123. The molecule has 2 bridgehead atoms. The number of piperazine rings is 1. The Bertz CT molecular complexity index is 582. The number of hydrogen-bond donors (Lipinski definition) is 1. The van der Waals surface area contributed by atoms with E-state index in [2.05, 4.69) is 52.4 Å². The molecule has 1 N–H and O–H groups in total. The zero-order chi connectivity index (χ0) is 17.2. The van der Waals surface area contributed by atoms with Crippen molar-refractivity contribution in [3.63, 3.8) is 0 Å². The van der Waals surface area contributed by atoms with Gasteiger partial charge >= 0.3 is 0 Å². The van der Waals surface area contributed by atoms with Gasteiger partial charge in [-0.2, -0.15) is 0 Å². The Morgan fingerprint density at radius 3 is 2.52 bits per heavy atom. The Kier molecular flexibility index (Phi) is 4.98. The fraction of sp³-hybridized carbons (Fsp3) is 0.667. The van der Waals surface area contributed by atoms with Crippen LogP contribution in [0.4, 0.5) is 5.69 Å². The number of hydrogen-bond acceptors (Lipinski definition) is 3. The van der Waals surface area contributed by atoms with Gasteiger partial charge in [0.05, 0.1) is 6.54 Å². The molecule has 0 aromatic heterocycles. The van der Waals surface area contributed by atoms with E-state index in [-0.39, 0.29) is 5.91 Å². The molecule has 4 rings (SSSR count). The molecule has 1 aromatic carbocycles. The number of para-hydroxylation sites is 1. The van der Waals surface area contributed by atoms with Gasteiger partial charge in [-0.1, -0.05) is 24.6 Å². The van der Waals surface area contributed by atoms with Gasteiger partial charge in [0.15, 0.2) is 0 Å². The van der Waals surface area contributed by atoms with Crippen LogP contribution in [0, 0.1) is 17.8 Å². The summed E-state index contributed by atoms with van der Waals surface area (Å²) in [6, 6.07) is 10.9. The van der Waals surface area contributed by atoms with E-state index >= 15 is 0 Å². The highest BCUT2D eigenvalue weighted by Crippen LogP contribution is 2.49. The molecule has 1 heterocycles. The standard InChI is InChI=1S/C21H31N3O/c1-16(20-14-17-7-8-18(20)13-17)22-21(25)15-23-9-11-24(12-10-23)19-5-3-2-4-6-19/h2-6,16-18,20H,7-15H2,1H3,(H,22,25). The molecule has 3 aliphatic rings. The van der Waals surface area contributed by atoms with Crippen molar-refractivity contribution < 1.29 is 4.79 Å². The van der Waals surface area contributed by atoms with Crippen molar-refractivity contribution in [1.29, 1.82) is 0 Å². The van der Waals surface area contributed by atoms with E-state index in [1.165, 1.54) is 31.4 Å². The predicted molar refractivity (Wildman–Crippen MR) is 102 cm³/mol. The van der Waals surface area contributed by atoms with Crippen molar-refractivity contribution in [2.24, 2.45) is 17.8 Å². The Labute approximate surface area is 151 Å². The molecule has 136 valence electrons. The number of amides is 1. The van der Waals surface area contributed by atoms with Crippen LogP contribution >= 0.6 is 0 Å². The lowest BCUT2D eigenvalue weighted by atomic mass is 9.84. The van der Waals surface area contributed by atoms with Crippen LogP contribution in [0.15, 0.2) is 30.3 Å². The summed E-state index contributed by atoms with van der Waals surface area (Å²) >= 11 is 0. The summed E-state index contributed by atoms with van der Waals surface area (Å²) in [4.78, 5) is 17.2. The van der Waals surface area contributed by atoms with Gasteiger partial charge in [0.25, 0.3) is 0 Å². The number of nitrogens with one attached hydrogen (secondary N) is 1. The van der Waals surface area contributed by atoms with Gasteiger partial charge in [-0.3, -0.25) is 9.69 Å². The zero-order valence-electron chi connectivity index (χ0n) is 15.4. The fourth-order valence-corrected chi connectivity index (χ4v) is 5.32. The molecule has 4 atom stereocenters. The quantitative estimate of drug-likeness (QED) is 0.894. The number of anilines is 1. The van der Waals surface area contributed by atoms with Crippen molar-refractivity contribution in [3.8, 4) is 0 Å². The first kappa shape index (κ1) is 16.9. The fourth-order valence-electron chi connectivity index (χ4n) is 5.32. The van der Waals surface area contributed by atoms with Crippen molar-refractivity contribution >= 4 is 11.6 Å². The van der Waals surface area contributed by atoms with Gasteiger partial charge < -0.3 is 10.2 Å². The smallest absolute Gasteiger partial charge is 0.234 e.